The number of rotatable bonds is 4. The van der Waals surface area contributed by atoms with Gasteiger partial charge in [-0.15, -0.1) is 12.4 Å². The van der Waals surface area contributed by atoms with Crippen molar-refractivity contribution in [2.75, 3.05) is 19.7 Å². The molecule has 0 atom stereocenters. The van der Waals surface area contributed by atoms with Gasteiger partial charge in [-0.05, 0) is 51.1 Å². The molecule has 1 aromatic carbocycles. The van der Waals surface area contributed by atoms with E-state index in [1.807, 2.05) is 12.1 Å². The van der Waals surface area contributed by atoms with E-state index in [4.69, 9.17) is 9.47 Å². The molecule has 1 N–H and O–H groups in total. The van der Waals surface area contributed by atoms with Gasteiger partial charge in [-0.2, -0.15) is 0 Å². The van der Waals surface area contributed by atoms with Gasteiger partial charge >= 0.3 is 5.97 Å². The van der Waals surface area contributed by atoms with Gasteiger partial charge in [-0.3, -0.25) is 0 Å². The van der Waals surface area contributed by atoms with E-state index < -0.39 is 0 Å². The van der Waals surface area contributed by atoms with Gasteiger partial charge in [0.25, 0.3) is 0 Å². The summed E-state index contributed by atoms with van der Waals surface area (Å²) >= 11 is 0. The molecule has 19 heavy (non-hydrogen) atoms. The Labute approximate surface area is 119 Å². The number of hydrogen-bond donors (Lipinski definition) is 1. The first-order valence-corrected chi connectivity index (χ1v) is 6.44. The molecule has 1 heterocycles. The topological polar surface area (TPSA) is 47.6 Å². The summed E-state index contributed by atoms with van der Waals surface area (Å²) in [5.74, 6) is 0.445. The number of hydrogen-bond acceptors (Lipinski definition) is 4. The number of halogens is 1. The van der Waals surface area contributed by atoms with Crippen LogP contribution in [0.4, 0.5) is 0 Å². The minimum absolute atomic E-state index is 0. The van der Waals surface area contributed by atoms with Crippen LogP contribution >= 0.6 is 12.4 Å². The molecule has 0 radical (unpaired) electrons. The standard InChI is InChI=1S/C14H19NO3.ClH/c1-2-17-14(16)11-4-3-5-13(10-11)18-12-6-8-15-9-7-12;/h3-5,10,12,15H,2,6-9H2,1H3;1H. The number of carbonyl (C=O) groups excluding carboxylic acids is 1. The maximum atomic E-state index is 11.6. The van der Waals surface area contributed by atoms with Crippen LogP contribution in [0.2, 0.25) is 0 Å². The van der Waals surface area contributed by atoms with Gasteiger partial charge in [-0.1, -0.05) is 6.07 Å². The van der Waals surface area contributed by atoms with Crippen LogP contribution in [0.3, 0.4) is 0 Å². The highest BCUT2D eigenvalue weighted by atomic mass is 35.5. The minimum atomic E-state index is -0.298. The normalized spacial score (nSPS) is 15.4. The summed E-state index contributed by atoms with van der Waals surface area (Å²) in [6, 6.07) is 7.20. The van der Waals surface area contributed by atoms with Crippen LogP contribution in [-0.2, 0) is 4.74 Å². The highest BCUT2D eigenvalue weighted by Gasteiger charge is 2.15. The van der Waals surface area contributed by atoms with Crippen molar-refractivity contribution in [3.05, 3.63) is 29.8 Å². The van der Waals surface area contributed by atoms with E-state index in [0.29, 0.717) is 12.2 Å². The number of nitrogens with one attached hydrogen (secondary N) is 1. The fraction of sp³-hybridized carbons (Fsp3) is 0.500. The summed E-state index contributed by atoms with van der Waals surface area (Å²) < 4.78 is 10.8. The fourth-order valence-electron chi connectivity index (χ4n) is 2.02. The summed E-state index contributed by atoms with van der Waals surface area (Å²) in [4.78, 5) is 11.6. The molecular weight excluding hydrogens is 266 g/mol. The van der Waals surface area contributed by atoms with E-state index >= 15 is 0 Å². The summed E-state index contributed by atoms with van der Waals surface area (Å²) in [5, 5.41) is 3.29. The molecule has 4 nitrogen and oxygen atoms in total. The van der Waals surface area contributed by atoms with Crippen LogP contribution in [0.15, 0.2) is 24.3 Å². The van der Waals surface area contributed by atoms with Gasteiger partial charge in [0.2, 0.25) is 0 Å². The highest BCUT2D eigenvalue weighted by Crippen LogP contribution is 2.18. The zero-order valence-corrected chi connectivity index (χ0v) is 11.9. The van der Waals surface area contributed by atoms with Crippen LogP contribution < -0.4 is 10.1 Å². The molecule has 0 spiro atoms. The van der Waals surface area contributed by atoms with Gasteiger partial charge in [0.05, 0.1) is 12.2 Å². The molecule has 2 rings (SSSR count). The van der Waals surface area contributed by atoms with Gasteiger partial charge in [0.15, 0.2) is 0 Å². The van der Waals surface area contributed by atoms with Crippen LogP contribution in [0.25, 0.3) is 0 Å². The lowest BCUT2D eigenvalue weighted by Crippen LogP contribution is -2.34. The first kappa shape index (κ1) is 15.8. The molecule has 1 fully saturated rings. The number of esters is 1. The summed E-state index contributed by atoms with van der Waals surface area (Å²) in [6.07, 6.45) is 2.25. The Balaban J connectivity index is 0.00000180. The molecule has 0 bridgehead atoms. The second-order valence-electron chi connectivity index (χ2n) is 4.32. The van der Waals surface area contributed by atoms with Crippen molar-refractivity contribution in [3.8, 4) is 5.75 Å². The lowest BCUT2D eigenvalue weighted by atomic mass is 10.1. The van der Waals surface area contributed by atoms with E-state index in [9.17, 15) is 4.79 Å². The zero-order valence-electron chi connectivity index (χ0n) is 11.1. The van der Waals surface area contributed by atoms with Crippen molar-refractivity contribution in [3.63, 3.8) is 0 Å². The summed E-state index contributed by atoms with van der Waals surface area (Å²) in [7, 11) is 0. The summed E-state index contributed by atoms with van der Waals surface area (Å²) in [5.41, 5.74) is 0.545. The molecule has 0 unspecified atom stereocenters. The van der Waals surface area contributed by atoms with E-state index in [-0.39, 0.29) is 24.5 Å². The van der Waals surface area contributed by atoms with Crippen LogP contribution in [0.5, 0.6) is 5.75 Å². The molecule has 1 aliphatic rings. The largest absolute Gasteiger partial charge is 0.490 e. The van der Waals surface area contributed by atoms with Crippen molar-refractivity contribution < 1.29 is 14.3 Å². The Bertz CT molecular complexity index is 405. The highest BCUT2D eigenvalue weighted by molar-refractivity contribution is 5.89. The fourth-order valence-corrected chi connectivity index (χ4v) is 2.02. The second-order valence-corrected chi connectivity index (χ2v) is 4.32. The molecule has 0 aliphatic carbocycles. The maximum Gasteiger partial charge on any atom is 0.338 e. The van der Waals surface area contributed by atoms with E-state index in [1.54, 1.807) is 19.1 Å². The number of piperidine rings is 1. The second kappa shape index (κ2) is 8.02. The zero-order chi connectivity index (χ0) is 12.8. The van der Waals surface area contributed by atoms with Crippen LogP contribution in [-0.4, -0.2) is 31.8 Å². The van der Waals surface area contributed by atoms with Crippen molar-refractivity contribution in [2.45, 2.75) is 25.9 Å². The Morgan fingerprint density at radius 1 is 1.37 bits per heavy atom. The van der Waals surface area contributed by atoms with Crippen LogP contribution in [0.1, 0.15) is 30.1 Å². The monoisotopic (exact) mass is 285 g/mol. The van der Waals surface area contributed by atoms with Crippen molar-refractivity contribution in [1.29, 1.82) is 0 Å². The predicted molar refractivity (Wildman–Crippen MR) is 76.2 cm³/mol. The third-order valence-corrected chi connectivity index (χ3v) is 2.93. The minimum Gasteiger partial charge on any atom is -0.490 e. The van der Waals surface area contributed by atoms with Crippen molar-refractivity contribution in [2.24, 2.45) is 0 Å². The third-order valence-electron chi connectivity index (χ3n) is 2.93. The Hall–Kier alpha value is -1.26. The van der Waals surface area contributed by atoms with Gasteiger partial charge in [0.1, 0.15) is 11.9 Å². The van der Waals surface area contributed by atoms with Crippen molar-refractivity contribution >= 4 is 18.4 Å². The van der Waals surface area contributed by atoms with E-state index in [0.717, 1.165) is 31.7 Å². The van der Waals surface area contributed by atoms with E-state index in [2.05, 4.69) is 5.32 Å². The molecule has 5 heteroatoms. The molecule has 1 aliphatic heterocycles. The molecule has 106 valence electrons. The average Bonchev–Trinajstić information content (AvgIpc) is 2.40. The molecule has 1 saturated heterocycles. The maximum absolute atomic E-state index is 11.6. The first-order chi connectivity index (χ1) is 8.79. The smallest absolute Gasteiger partial charge is 0.338 e. The predicted octanol–water partition coefficient (Wildman–Crippen LogP) is 2.42. The quantitative estimate of drug-likeness (QED) is 0.863. The molecule has 0 amide bonds. The average molecular weight is 286 g/mol. The lowest BCUT2D eigenvalue weighted by Gasteiger charge is -2.23. The van der Waals surface area contributed by atoms with Crippen LogP contribution in [0, 0.1) is 0 Å². The number of carbonyl (C=O) groups is 1. The van der Waals surface area contributed by atoms with Gasteiger partial charge < -0.3 is 14.8 Å². The Kier molecular flexibility index (Phi) is 6.67. The summed E-state index contributed by atoms with van der Waals surface area (Å²) in [6.45, 7) is 4.16. The molecule has 0 saturated carbocycles. The molecule has 1 aromatic rings. The molecular formula is C14H20ClNO3. The van der Waals surface area contributed by atoms with Gasteiger partial charge in [0, 0.05) is 0 Å². The molecule has 0 aromatic heterocycles. The third kappa shape index (κ3) is 4.73. The SMILES string of the molecule is CCOC(=O)c1cccc(OC2CCNCC2)c1.Cl. The number of ether oxygens (including phenoxy) is 2. The first-order valence-electron chi connectivity index (χ1n) is 6.44. The van der Waals surface area contributed by atoms with Crippen molar-refractivity contribution in [1.82, 2.24) is 5.32 Å². The van der Waals surface area contributed by atoms with Gasteiger partial charge in [-0.25, -0.2) is 4.79 Å². The number of benzene rings is 1. The Morgan fingerprint density at radius 2 is 2.11 bits per heavy atom. The van der Waals surface area contributed by atoms with E-state index in [1.165, 1.54) is 0 Å². The lowest BCUT2D eigenvalue weighted by molar-refractivity contribution is 0.0525. The Morgan fingerprint density at radius 3 is 2.79 bits per heavy atom.